The molecule has 1 unspecified atom stereocenters. The highest BCUT2D eigenvalue weighted by Gasteiger charge is 2.29. The van der Waals surface area contributed by atoms with E-state index in [1.807, 2.05) is 0 Å². The van der Waals surface area contributed by atoms with Crippen molar-refractivity contribution in [2.75, 3.05) is 31.1 Å². The number of amidine groups is 1. The number of nitrogen functional groups attached to an aromatic ring is 1. The molecule has 0 spiro atoms. The third-order valence-electron chi connectivity index (χ3n) is 4.40. The van der Waals surface area contributed by atoms with E-state index in [1.165, 1.54) is 25.5 Å². The van der Waals surface area contributed by atoms with Crippen LogP contribution in [0.5, 0.6) is 0 Å². The van der Waals surface area contributed by atoms with E-state index in [-0.39, 0.29) is 11.7 Å². The number of rotatable bonds is 2. The van der Waals surface area contributed by atoms with Crippen LogP contribution >= 0.6 is 0 Å². The summed E-state index contributed by atoms with van der Waals surface area (Å²) in [7, 11) is 0. The number of halogens is 1. The van der Waals surface area contributed by atoms with Gasteiger partial charge in [-0.2, -0.15) is 0 Å². The van der Waals surface area contributed by atoms with Gasteiger partial charge in [-0.05, 0) is 44.0 Å². The van der Waals surface area contributed by atoms with Gasteiger partial charge >= 0.3 is 0 Å². The molecule has 2 fully saturated rings. The molecular formula is C15H21FN4. The maximum atomic E-state index is 14.3. The van der Waals surface area contributed by atoms with E-state index in [1.54, 1.807) is 12.1 Å². The zero-order chi connectivity index (χ0) is 14.1. The summed E-state index contributed by atoms with van der Waals surface area (Å²) in [4.78, 5) is 4.68. The second kappa shape index (κ2) is 5.40. The van der Waals surface area contributed by atoms with Crippen LogP contribution in [0.25, 0.3) is 0 Å². The van der Waals surface area contributed by atoms with Crippen LogP contribution in [-0.2, 0) is 0 Å². The third kappa shape index (κ3) is 2.50. The van der Waals surface area contributed by atoms with Gasteiger partial charge in [-0.3, -0.25) is 10.3 Å². The summed E-state index contributed by atoms with van der Waals surface area (Å²) in [5, 5.41) is 7.37. The first-order valence-electron chi connectivity index (χ1n) is 7.28. The molecule has 5 heteroatoms. The molecule has 0 bridgehead atoms. The lowest BCUT2D eigenvalue weighted by molar-refractivity contribution is 0.273. The van der Waals surface area contributed by atoms with Gasteiger partial charge in [0.05, 0.1) is 5.69 Å². The van der Waals surface area contributed by atoms with Gasteiger partial charge in [0.2, 0.25) is 0 Å². The summed E-state index contributed by atoms with van der Waals surface area (Å²) in [6.45, 7) is 4.10. The first-order chi connectivity index (χ1) is 9.65. The SMILES string of the molecule is N=C(N)c1ccc(N2CCCN3CCCC3C2)c(F)c1. The number of hydrogen-bond donors (Lipinski definition) is 2. The molecule has 0 saturated carbocycles. The first kappa shape index (κ1) is 13.4. The molecule has 3 rings (SSSR count). The van der Waals surface area contributed by atoms with Crippen LogP contribution in [0.1, 0.15) is 24.8 Å². The second-order valence-corrected chi connectivity index (χ2v) is 5.71. The number of nitrogens with zero attached hydrogens (tertiary/aromatic N) is 2. The Labute approximate surface area is 118 Å². The Morgan fingerprint density at radius 1 is 1.25 bits per heavy atom. The van der Waals surface area contributed by atoms with Crippen molar-refractivity contribution in [3.8, 4) is 0 Å². The van der Waals surface area contributed by atoms with E-state index in [9.17, 15) is 4.39 Å². The molecule has 2 aliphatic heterocycles. The fraction of sp³-hybridized carbons (Fsp3) is 0.533. The Kier molecular flexibility index (Phi) is 3.61. The summed E-state index contributed by atoms with van der Waals surface area (Å²) in [5.41, 5.74) is 6.49. The second-order valence-electron chi connectivity index (χ2n) is 5.71. The molecule has 1 aromatic carbocycles. The van der Waals surface area contributed by atoms with Gasteiger partial charge in [0.15, 0.2) is 0 Å². The van der Waals surface area contributed by atoms with Crippen molar-refractivity contribution in [2.45, 2.75) is 25.3 Å². The van der Waals surface area contributed by atoms with E-state index in [0.29, 0.717) is 17.3 Å². The maximum absolute atomic E-state index is 14.3. The van der Waals surface area contributed by atoms with Crippen LogP contribution in [0.2, 0.25) is 0 Å². The van der Waals surface area contributed by atoms with Crippen LogP contribution in [0.3, 0.4) is 0 Å². The molecule has 4 nitrogen and oxygen atoms in total. The summed E-state index contributed by atoms with van der Waals surface area (Å²) in [6.07, 6.45) is 3.54. The topological polar surface area (TPSA) is 56.4 Å². The van der Waals surface area contributed by atoms with Gasteiger partial charge in [0.25, 0.3) is 0 Å². The predicted molar refractivity (Wildman–Crippen MR) is 78.8 cm³/mol. The molecule has 20 heavy (non-hydrogen) atoms. The monoisotopic (exact) mass is 276 g/mol. The fourth-order valence-electron chi connectivity index (χ4n) is 3.36. The minimum Gasteiger partial charge on any atom is -0.384 e. The Balaban J connectivity index is 1.82. The summed E-state index contributed by atoms with van der Waals surface area (Å²) in [6, 6.07) is 5.42. The number of hydrogen-bond acceptors (Lipinski definition) is 3. The Morgan fingerprint density at radius 2 is 2.05 bits per heavy atom. The number of anilines is 1. The molecule has 2 heterocycles. The van der Waals surface area contributed by atoms with Gasteiger partial charge in [-0.15, -0.1) is 0 Å². The van der Waals surface area contributed by atoms with Crippen LogP contribution in [-0.4, -0.2) is 43.0 Å². The molecular weight excluding hydrogens is 255 g/mol. The highest BCUT2D eigenvalue weighted by atomic mass is 19.1. The Bertz CT molecular complexity index is 517. The van der Waals surface area contributed by atoms with Crippen LogP contribution < -0.4 is 10.6 Å². The number of benzene rings is 1. The van der Waals surface area contributed by atoms with Crippen molar-refractivity contribution in [1.29, 1.82) is 5.41 Å². The van der Waals surface area contributed by atoms with E-state index in [2.05, 4.69) is 9.80 Å². The summed E-state index contributed by atoms with van der Waals surface area (Å²) in [5.74, 6) is -0.363. The van der Waals surface area contributed by atoms with Crippen molar-refractivity contribution in [3.05, 3.63) is 29.6 Å². The van der Waals surface area contributed by atoms with Gasteiger partial charge < -0.3 is 10.6 Å². The molecule has 0 aromatic heterocycles. The highest BCUT2D eigenvalue weighted by Crippen LogP contribution is 2.27. The minimum atomic E-state index is -0.274. The third-order valence-corrected chi connectivity index (χ3v) is 4.40. The Morgan fingerprint density at radius 3 is 2.80 bits per heavy atom. The lowest BCUT2D eigenvalue weighted by Gasteiger charge is -2.27. The number of fused-ring (bicyclic) bond motifs is 1. The molecule has 108 valence electrons. The average Bonchev–Trinajstić information content (AvgIpc) is 2.76. The fourth-order valence-corrected chi connectivity index (χ4v) is 3.36. The number of nitrogens with one attached hydrogen (secondary N) is 1. The molecule has 1 aromatic rings. The van der Waals surface area contributed by atoms with Crippen molar-refractivity contribution >= 4 is 11.5 Å². The van der Waals surface area contributed by atoms with Crippen molar-refractivity contribution in [2.24, 2.45) is 5.73 Å². The quantitative estimate of drug-likeness (QED) is 0.639. The summed E-state index contributed by atoms with van der Waals surface area (Å²) >= 11 is 0. The zero-order valence-electron chi connectivity index (χ0n) is 11.6. The normalized spacial score (nSPS) is 23.4. The van der Waals surface area contributed by atoms with Gasteiger partial charge in [-0.25, -0.2) is 4.39 Å². The molecule has 2 aliphatic rings. The maximum Gasteiger partial charge on any atom is 0.147 e. The lowest BCUT2D eigenvalue weighted by atomic mass is 10.1. The largest absolute Gasteiger partial charge is 0.384 e. The molecule has 0 radical (unpaired) electrons. The smallest absolute Gasteiger partial charge is 0.147 e. The van der Waals surface area contributed by atoms with Gasteiger partial charge in [-0.1, -0.05) is 0 Å². The van der Waals surface area contributed by atoms with Crippen LogP contribution in [0.15, 0.2) is 18.2 Å². The van der Waals surface area contributed by atoms with Crippen LogP contribution in [0.4, 0.5) is 10.1 Å². The zero-order valence-corrected chi connectivity index (χ0v) is 11.6. The van der Waals surface area contributed by atoms with Crippen molar-refractivity contribution in [1.82, 2.24) is 4.90 Å². The highest BCUT2D eigenvalue weighted by molar-refractivity contribution is 5.95. The molecule has 0 aliphatic carbocycles. The standard InChI is InChI=1S/C15H21FN4/c16-13-9-11(15(17)18)4-5-14(13)20-8-2-7-19-6-1-3-12(19)10-20/h4-5,9,12H,1-3,6-8,10H2,(H3,17,18). The van der Waals surface area contributed by atoms with Crippen molar-refractivity contribution < 1.29 is 4.39 Å². The lowest BCUT2D eigenvalue weighted by Crippen LogP contribution is -2.37. The molecule has 0 amide bonds. The first-order valence-corrected chi connectivity index (χ1v) is 7.28. The molecule has 2 saturated heterocycles. The van der Waals surface area contributed by atoms with Crippen molar-refractivity contribution in [3.63, 3.8) is 0 Å². The predicted octanol–water partition coefficient (Wildman–Crippen LogP) is 1.78. The Hall–Kier alpha value is -1.62. The van der Waals surface area contributed by atoms with E-state index in [0.717, 1.165) is 26.1 Å². The van der Waals surface area contributed by atoms with E-state index < -0.39 is 0 Å². The summed E-state index contributed by atoms with van der Waals surface area (Å²) < 4.78 is 14.3. The minimum absolute atomic E-state index is 0.0896. The van der Waals surface area contributed by atoms with E-state index in [4.69, 9.17) is 11.1 Å². The van der Waals surface area contributed by atoms with E-state index >= 15 is 0 Å². The number of nitrogens with two attached hydrogens (primary N) is 1. The molecule has 3 N–H and O–H groups in total. The van der Waals surface area contributed by atoms with Crippen LogP contribution in [0, 0.1) is 11.2 Å². The van der Waals surface area contributed by atoms with Gasteiger partial charge in [0, 0.05) is 31.2 Å². The molecule has 1 atom stereocenters. The van der Waals surface area contributed by atoms with Gasteiger partial charge in [0.1, 0.15) is 11.7 Å². The average molecular weight is 276 g/mol.